The van der Waals surface area contributed by atoms with E-state index in [9.17, 15) is 9.18 Å². The number of piperazine rings is 1. The molecule has 1 aromatic carbocycles. The fourth-order valence-corrected chi connectivity index (χ4v) is 4.91. The Morgan fingerprint density at radius 3 is 2.62 bits per heavy atom. The SMILES string of the molecule is [C-]#[N+]c1cc(F)cc(C2(OCC(=O)N3CC4CC[C@@H](C3)N4c3ccc(C#N)cn3)CC2)c1. The second-order valence-corrected chi connectivity index (χ2v) is 8.70. The van der Waals surface area contributed by atoms with Crippen molar-refractivity contribution in [2.45, 2.75) is 43.4 Å². The molecule has 0 radical (unpaired) electrons. The van der Waals surface area contributed by atoms with Gasteiger partial charge in [0.2, 0.25) is 5.91 Å². The van der Waals surface area contributed by atoms with Crippen molar-refractivity contribution >= 4 is 17.4 Å². The molecular formula is C24H22FN5O2. The van der Waals surface area contributed by atoms with E-state index in [1.165, 1.54) is 12.1 Å². The van der Waals surface area contributed by atoms with Gasteiger partial charge in [-0.25, -0.2) is 14.2 Å². The summed E-state index contributed by atoms with van der Waals surface area (Å²) in [5.41, 5.74) is 0.742. The van der Waals surface area contributed by atoms with Crippen LogP contribution in [0.15, 0.2) is 36.5 Å². The van der Waals surface area contributed by atoms with Crippen molar-refractivity contribution in [1.29, 1.82) is 5.26 Å². The van der Waals surface area contributed by atoms with Gasteiger partial charge in [-0.05, 0) is 55.5 Å². The van der Waals surface area contributed by atoms with Crippen LogP contribution in [-0.2, 0) is 15.1 Å². The summed E-state index contributed by atoms with van der Waals surface area (Å²) in [6.45, 7) is 8.30. The van der Waals surface area contributed by atoms with Gasteiger partial charge < -0.3 is 14.5 Å². The maximum Gasteiger partial charge on any atom is 0.248 e. The van der Waals surface area contributed by atoms with Crippen molar-refractivity contribution in [2.75, 3.05) is 24.6 Å². The number of hydrogen-bond donors (Lipinski definition) is 0. The number of halogens is 1. The van der Waals surface area contributed by atoms with Crippen molar-refractivity contribution in [2.24, 2.45) is 0 Å². The Morgan fingerprint density at radius 2 is 2.03 bits per heavy atom. The number of rotatable bonds is 5. The van der Waals surface area contributed by atoms with Gasteiger partial charge >= 0.3 is 0 Å². The molecule has 2 atom stereocenters. The van der Waals surface area contributed by atoms with Crippen LogP contribution in [-0.4, -0.2) is 47.6 Å². The smallest absolute Gasteiger partial charge is 0.248 e. The van der Waals surface area contributed by atoms with Crippen molar-refractivity contribution < 1.29 is 13.9 Å². The number of likely N-dealkylation sites (tertiary alicyclic amines) is 1. The van der Waals surface area contributed by atoms with Gasteiger partial charge in [0.25, 0.3) is 0 Å². The number of aromatic nitrogens is 1. The fraction of sp³-hybridized carbons (Fsp3) is 0.417. The number of carbonyl (C=O) groups is 1. The molecule has 1 aliphatic carbocycles. The highest BCUT2D eigenvalue weighted by Crippen LogP contribution is 2.50. The Hall–Kier alpha value is -3.49. The number of hydrogen-bond acceptors (Lipinski definition) is 5. The minimum Gasteiger partial charge on any atom is -0.361 e. The molecule has 3 fully saturated rings. The second-order valence-electron chi connectivity index (χ2n) is 8.70. The first-order valence-corrected chi connectivity index (χ1v) is 10.8. The van der Waals surface area contributed by atoms with E-state index in [0.29, 0.717) is 37.1 Å². The summed E-state index contributed by atoms with van der Waals surface area (Å²) in [5, 5.41) is 8.98. The molecule has 2 bridgehead atoms. The van der Waals surface area contributed by atoms with Gasteiger partial charge in [-0.1, -0.05) is 6.07 Å². The van der Waals surface area contributed by atoms with Crippen molar-refractivity contribution in [1.82, 2.24) is 9.88 Å². The van der Waals surface area contributed by atoms with Crippen LogP contribution in [0.2, 0.25) is 0 Å². The predicted octanol–water partition coefficient (Wildman–Crippen LogP) is 3.53. The van der Waals surface area contributed by atoms with E-state index in [1.54, 1.807) is 18.3 Å². The highest BCUT2D eigenvalue weighted by Gasteiger charge is 2.47. The molecule has 162 valence electrons. The lowest BCUT2D eigenvalue weighted by Crippen LogP contribution is -2.56. The van der Waals surface area contributed by atoms with Crippen molar-refractivity contribution in [3.05, 3.63) is 64.9 Å². The molecule has 1 aromatic heterocycles. The lowest BCUT2D eigenvalue weighted by atomic mass is 10.1. The zero-order chi connectivity index (χ0) is 22.3. The van der Waals surface area contributed by atoms with Crippen LogP contribution in [0.25, 0.3) is 4.85 Å². The molecule has 3 aliphatic rings. The first-order valence-electron chi connectivity index (χ1n) is 10.8. The zero-order valence-electron chi connectivity index (χ0n) is 17.5. The van der Waals surface area contributed by atoms with Gasteiger partial charge in [-0.2, -0.15) is 5.26 Å². The van der Waals surface area contributed by atoms with E-state index in [2.05, 4.69) is 20.8 Å². The van der Waals surface area contributed by atoms with E-state index in [-0.39, 0.29) is 30.3 Å². The average molecular weight is 431 g/mol. The fourth-order valence-electron chi connectivity index (χ4n) is 4.91. The van der Waals surface area contributed by atoms with Gasteiger partial charge in [-0.3, -0.25) is 4.79 Å². The third kappa shape index (κ3) is 3.68. The minimum absolute atomic E-state index is 0.0571. The molecule has 7 nitrogen and oxygen atoms in total. The van der Waals surface area contributed by atoms with Crippen molar-refractivity contribution in [3.63, 3.8) is 0 Å². The molecule has 5 rings (SSSR count). The van der Waals surface area contributed by atoms with Gasteiger partial charge in [0.1, 0.15) is 24.3 Å². The van der Waals surface area contributed by atoms with Crippen LogP contribution in [0.5, 0.6) is 0 Å². The summed E-state index contributed by atoms with van der Waals surface area (Å²) in [6.07, 6.45) is 4.99. The monoisotopic (exact) mass is 431 g/mol. The number of nitrogens with zero attached hydrogens (tertiary/aromatic N) is 5. The quantitative estimate of drug-likeness (QED) is 0.677. The second kappa shape index (κ2) is 7.89. The van der Waals surface area contributed by atoms with E-state index in [1.807, 2.05) is 11.0 Å². The number of amides is 1. The van der Waals surface area contributed by atoms with Gasteiger partial charge in [-0.15, -0.1) is 0 Å². The first kappa shape index (κ1) is 20.4. The van der Waals surface area contributed by atoms with Crippen LogP contribution in [0.1, 0.15) is 36.8 Å². The molecular weight excluding hydrogens is 409 g/mol. The lowest BCUT2D eigenvalue weighted by molar-refractivity contribution is -0.140. The molecule has 0 spiro atoms. The summed E-state index contributed by atoms with van der Waals surface area (Å²) in [7, 11) is 0. The Balaban J connectivity index is 1.23. The van der Waals surface area contributed by atoms with Gasteiger partial charge in [0.15, 0.2) is 5.69 Å². The largest absolute Gasteiger partial charge is 0.361 e. The predicted molar refractivity (Wildman–Crippen MR) is 114 cm³/mol. The zero-order valence-corrected chi connectivity index (χ0v) is 17.5. The third-order valence-electron chi connectivity index (χ3n) is 6.69. The molecule has 2 aromatic rings. The molecule has 1 unspecified atom stereocenters. The third-order valence-corrected chi connectivity index (χ3v) is 6.69. The van der Waals surface area contributed by atoms with E-state index < -0.39 is 11.4 Å². The molecule has 8 heteroatoms. The summed E-state index contributed by atoms with van der Waals surface area (Å²) in [5.74, 6) is 0.319. The van der Waals surface area contributed by atoms with E-state index >= 15 is 0 Å². The highest BCUT2D eigenvalue weighted by molar-refractivity contribution is 5.78. The number of benzene rings is 1. The summed E-state index contributed by atoms with van der Waals surface area (Å²) >= 11 is 0. The molecule has 2 saturated heterocycles. The number of nitriles is 1. The number of pyridine rings is 1. The standard InChI is InChI=1S/C24H22FN5O2/c1-27-19-9-17(8-18(25)10-19)24(6-7-24)32-15-23(31)29-13-20-3-4-21(14-29)30(20)22-5-2-16(11-26)12-28-22/h2,5,8-10,12,20-21H,3-4,6-7,13-15H2/t20-,21?/m0/s1. The summed E-state index contributed by atoms with van der Waals surface area (Å²) < 4.78 is 19.9. The summed E-state index contributed by atoms with van der Waals surface area (Å²) in [6, 6.07) is 10.4. The Morgan fingerprint density at radius 1 is 1.28 bits per heavy atom. The Labute approximate surface area is 185 Å². The molecule has 32 heavy (non-hydrogen) atoms. The highest BCUT2D eigenvalue weighted by atomic mass is 19.1. The Kier molecular flexibility index (Phi) is 5.03. The van der Waals surface area contributed by atoms with E-state index in [0.717, 1.165) is 18.7 Å². The Bertz CT molecular complexity index is 1120. The number of ether oxygens (including phenoxy) is 1. The van der Waals surface area contributed by atoms with Crippen LogP contribution in [0.3, 0.4) is 0 Å². The lowest BCUT2D eigenvalue weighted by Gasteiger charge is -2.41. The van der Waals surface area contributed by atoms with Crippen LogP contribution >= 0.6 is 0 Å². The maximum atomic E-state index is 13.9. The number of anilines is 1. The minimum atomic E-state index is -0.662. The number of carbonyl (C=O) groups excluding carboxylic acids is 1. The molecule has 2 aliphatic heterocycles. The van der Waals surface area contributed by atoms with Crippen LogP contribution in [0.4, 0.5) is 15.9 Å². The number of fused-ring (bicyclic) bond motifs is 2. The first-order chi connectivity index (χ1) is 15.5. The van der Waals surface area contributed by atoms with Gasteiger partial charge in [0, 0.05) is 31.4 Å². The maximum absolute atomic E-state index is 13.9. The van der Waals surface area contributed by atoms with Crippen LogP contribution in [0, 0.1) is 23.7 Å². The normalized spacial score (nSPS) is 22.8. The van der Waals surface area contributed by atoms with E-state index in [4.69, 9.17) is 16.6 Å². The average Bonchev–Trinajstić information content (AvgIpc) is 3.56. The topological polar surface area (TPSA) is 73.8 Å². The molecule has 1 saturated carbocycles. The molecule has 3 heterocycles. The van der Waals surface area contributed by atoms with Crippen molar-refractivity contribution in [3.8, 4) is 6.07 Å². The van der Waals surface area contributed by atoms with Crippen LogP contribution < -0.4 is 4.90 Å². The van der Waals surface area contributed by atoms with Gasteiger partial charge in [0.05, 0.1) is 17.7 Å². The molecule has 1 amide bonds. The molecule has 0 N–H and O–H groups in total. The summed E-state index contributed by atoms with van der Waals surface area (Å²) in [4.78, 5) is 24.8.